The van der Waals surface area contributed by atoms with Crippen LogP contribution >= 0.6 is 11.3 Å². The van der Waals surface area contributed by atoms with E-state index < -0.39 is 0 Å². The SMILES string of the molecule is CN(C)C1(CNc2ncnc3sc(-c4ccccc4)cc23)CCOCC1. The van der Waals surface area contributed by atoms with Crippen molar-refractivity contribution in [2.75, 3.05) is 39.2 Å². The van der Waals surface area contributed by atoms with Crippen molar-refractivity contribution in [1.82, 2.24) is 14.9 Å². The Morgan fingerprint density at radius 1 is 1.15 bits per heavy atom. The van der Waals surface area contributed by atoms with Gasteiger partial charge in [0, 0.05) is 30.2 Å². The van der Waals surface area contributed by atoms with Gasteiger partial charge in [-0.3, -0.25) is 0 Å². The van der Waals surface area contributed by atoms with E-state index in [1.54, 1.807) is 17.7 Å². The Hall–Kier alpha value is -2.02. The highest BCUT2D eigenvalue weighted by molar-refractivity contribution is 7.21. The van der Waals surface area contributed by atoms with Gasteiger partial charge in [0.05, 0.1) is 5.39 Å². The minimum Gasteiger partial charge on any atom is -0.381 e. The summed E-state index contributed by atoms with van der Waals surface area (Å²) in [5.41, 5.74) is 1.32. The van der Waals surface area contributed by atoms with Crippen LogP contribution < -0.4 is 5.32 Å². The van der Waals surface area contributed by atoms with Gasteiger partial charge in [-0.1, -0.05) is 30.3 Å². The van der Waals surface area contributed by atoms with E-state index in [9.17, 15) is 0 Å². The third-order valence-corrected chi connectivity index (χ3v) is 6.44. The number of likely N-dealkylation sites (N-methyl/N-ethyl adjacent to an activating group) is 1. The number of fused-ring (bicyclic) bond motifs is 1. The monoisotopic (exact) mass is 368 g/mol. The van der Waals surface area contributed by atoms with Crippen molar-refractivity contribution in [2.45, 2.75) is 18.4 Å². The van der Waals surface area contributed by atoms with Gasteiger partial charge in [0.15, 0.2) is 0 Å². The third-order valence-electron chi connectivity index (χ3n) is 5.34. The molecule has 0 radical (unpaired) electrons. The van der Waals surface area contributed by atoms with E-state index in [-0.39, 0.29) is 5.54 Å². The molecule has 0 saturated carbocycles. The van der Waals surface area contributed by atoms with Crippen molar-refractivity contribution in [3.8, 4) is 10.4 Å². The first kappa shape index (κ1) is 17.4. The molecule has 1 saturated heterocycles. The number of nitrogens with zero attached hydrogens (tertiary/aromatic N) is 3. The Morgan fingerprint density at radius 3 is 2.65 bits per heavy atom. The zero-order valence-corrected chi connectivity index (χ0v) is 16.1. The van der Waals surface area contributed by atoms with Crippen molar-refractivity contribution >= 4 is 27.4 Å². The summed E-state index contributed by atoms with van der Waals surface area (Å²) < 4.78 is 5.57. The first-order valence-corrected chi connectivity index (χ1v) is 9.79. The third kappa shape index (κ3) is 3.32. The maximum Gasteiger partial charge on any atom is 0.138 e. The van der Waals surface area contributed by atoms with Gasteiger partial charge in [-0.15, -0.1) is 11.3 Å². The van der Waals surface area contributed by atoms with Gasteiger partial charge in [0.1, 0.15) is 17.0 Å². The summed E-state index contributed by atoms with van der Waals surface area (Å²) in [5.74, 6) is 0.918. The van der Waals surface area contributed by atoms with E-state index in [0.717, 1.165) is 48.6 Å². The highest BCUT2D eigenvalue weighted by atomic mass is 32.1. The molecule has 136 valence electrons. The second-order valence-corrected chi connectivity index (χ2v) is 8.03. The average molecular weight is 369 g/mol. The molecule has 6 heteroatoms. The molecule has 1 aliphatic rings. The summed E-state index contributed by atoms with van der Waals surface area (Å²) in [4.78, 5) is 13.6. The second-order valence-electron chi connectivity index (χ2n) is 7.00. The van der Waals surface area contributed by atoms with E-state index >= 15 is 0 Å². The molecule has 1 aromatic carbocycles. The van der Waals surface area contributed by atoms with Crippen LogP contribution in [-0.2, 0) is 4.74 Å². The van der Waals surface area contributed by atoms with Gasteiger partial charge in [-0.2, -0.15) is 0 Å². The van der Waals surface area contributed by atoms with Crippen LogP contribution in [-0.4, -0.2) is 54.3 Å². The lowest BCUT2D eigenvalue weighted by molar-refractivity contribution is -0.000650. The van der Waals surface area contributed by atoms with Crippen molar-refractivity contribution < 1.29 is 4.74 Å². The number of thiophene rings is 1. The number of anilines is 1. The number of ether oxygens (including phenoxy) is 1. The summed E-state index contributed by atoms with van der Waals surface area (Å²) in [6.45, 7) is 2.48. The van der Waals surface area contributed by atoms with Crippen LogP contribution in [0.2, 0.25) is 0 Å². The standard InChI is InChI=1S/C20H24N4OS/c1-24(2)20(8-10-25-11-9-20)13-21-18-16-12-17(15-6-4-3-5-7-15)26-19(16)23-14-22-18/h3-7,12,14H,8-11,13H2,1-2H3,(H,21,22,23). The molecule has 3 aromatic rings. The molecule has 1 N–H and O–H groups in total. The number of hydrogen-bond donors (Lipinski definition) is 1. The predicted molar refractivity (Wildman–Crippen MR) is 108 cm³/mol. The summed E-state index contributed by atoms with van der Waals surface area (Å²) in [6.07, 6.45) is 3.71. The molecule has 1 fully saturated rings. The first-order chi connectivity index (χ1) is 12.7. The van der Waals surface area contributed by atoms with Crippen LogP contribution in [0, 0.1) is 0 Å². The van der Waals surface area contributed by atoms with Crippen LogP contribution in [0.5, 0.6) is 0 Å². The zero-order chi connectivity index (χ0) is 18.0. The quantitative estimate of drug-likeness (QED) is 0.741. The minimum atomic E-state index is 0.105. The summed E-state index contributed by atoms with van der Waals surface area (Å²) in [6, 6.07) is 12.6. The Kier molecular flexibility index (Phi) is 4.89. The number of benzene rings is 1. The minimum absolute atomic E-state index is 0.105. The smallest absolute Gasteiger partial charge is 0.138 e. The van der Waals surface area contributed by atoms with E-state index in [4.69, 9.17) is 4.74 Å². The van der Waals surface area contributed by atoms with Crippen molar-refractivity contribution in [3.63, 3.8) is 0 Å². The molecule has 0 aliphatic carbocycles. The Labute approximate surface area is 158 Å². The Bertz CT molecular complexity index is 872. The van der Waals surface area contributed by atoms with Crippen LogP contribution in [0.4, 0.5) is 5.82 Å². The number of hydrogen-bond acceptors (Lipinski definition) is 6. The van der Waals surface area contributed by atoms with Crippen LogP contribution in [0.25, 0.3) is 20.7 Å². The lowest BCUT2D eigenvalue weighted by Gasteiger charge is -2.43. The molecule has 3 heterocycles. The van der Waals surface area contributed by atoms with E-state index in [0.29, 0.717) is 0 Å². The molecule has 1 aliphatic heterocycles. The first-order valence-electron chi connectivity index (χ1n) is 8.97. The van der Waals surface area contributed by atoms with Crippen molar-refractivity contribution in [3.05, 3.63) is 42.7 Å². The molecule has 4 rings (SSSR count). The van der Waals surface area contributed by atoms with Crippen LogP contribution in [0.15, 0.2) is 42.7 Å². The number of aromatic nitrogens is 2. The van der Waals surface area contributed by atoms with Gasteiger partial charge < -0.3 is 15.0 Å². The zero-order valence-electron chi connectivity index (χ0n) is 15.2. The molecule has 0 bridgehead atoms. The van der Waals surface area contributed by atoms with Gasteiger partial charge in [-0.05, 0) is 38.6 Å². The van der Waals surface area contributed by atoms with Gasteiger partial charge in [-0.25, -0.2) is 9.97 Å². The maximum absolute atomic E-state index is 5.57. The molecule has 0 spiro atoms. The topological polar surface area (TPSA) is 50.3 Å². The average Bonchev–Trinajstić information content (AvgIpc) is 3.12. The molecule has 26 heavy (non-hydrogen) atoms. The van der Waals surface area contributed by atoms with Crippen LogP contribution in [0.1, 0.15) is 12.8 Å². The fraction of sp³-hybridized carbons (Fsp3) is 0.400. The van der Waals surface area contributed by atoms with E-state index in [1.807, 2.05) is 6.07 Å². The molecular weight excluding hydrogens is 344 g/mol. The maximum atomic E-state index is 5.57. The molecule has 5 nitrogen and oxygen atoms in total. The normalized spacial score (nSPS) is 16.9. The fourth-order valence-electron chi connectivity index (χ4n) is 3.52. The number of rotatable bonds is 5. The lowest BCUT2D eigenvalue weighted by atomic mass is 9.88. The molecule has 2 aromatic heterocycles. The summed E-state index contributed by atoms with van der Waals surface area (Å²) in [5, 5.41) is 4.70. The summed E-state index contributed by atoms with van der Waals surface area (Å²) >= 11 is 1.71. The molecule has 0 amide bonds. The highest BCUT2D eigenvalue weighted by Crippen LogP contribution is 2.35. The Balaban J connectivity index is 1.61. The molecule has 0 unspecified atom stereocenters. The van der Waals surface area contributed by atoms with E-state index in [2.05, 4.69) is 64.6 Å². The molecule has 0 atom stereocenters. The van der Waals surface area contributed by atoms with Gasteiger partial charge in [0.2, 0.25) is 0 Å². The predicted octanol–water partition coefficient (Wildman–Crippen LogP) is 3.88. The van der Waals surface area contributed by atoms with Crippen molar-refractivity contribution in [1.29, 1.82) is 0 Å². The van der Waals surface area contributed by atoms with Gasteiger partial charge in [0.25, 0.3) is 0 Å². The summed E-state index contributed by atoms with van der Waals surface area (Å²) in [7, 11) is 4.31. The highest BCUT2D eigenvalue weighted by Gasteiger charge is 2.34. The Morgan fingerprint density at radius 2 is 1.92 bits per heavy atom. The fourth-order valence-corrected chi connectivity index (χ4v) is 4.53. The molecular formula is C20H24N4OS. The largest absolute Gasteiger partial charge is 0.381 e. The van der Waals surface area contributed by atoms with Crippen LogP contribution in [0.3, 0.4) is 0 Å². The van der Waals surface area contributed by atoms with E-state index in [1.165, 1.54) is 10.4 Å². The van der Waals surface area contributed by atoms with Gasteiger partial charge >= 0.3 is 0 Å². The second kappa shape index (κ2) is 7.31. The lowest BCUT2D eigenvalue weighted by Crippen LogP contribution is -2.53. The number of nitrogens with one attached hydrogen (secondary N) is 1. The van der Waals surface area contributed by atoms with Crippen molar-refractivity contribution in [2.24, 2.45) is 0 Å².